The first-order valence-corrected chi connectivity index (χ1v) is 5.81. The SMILES string of the molecule is Cn1cc(-c2c(C(=O)O)nnn2CC2CC2)cn1. The molecule has 0 aromatic carbocycles. The van der Waals surface area contributed by atoms with Gasteiger partial charge < -0.3 is 5.11 Å². The van der Waals surface area contributed by atoms with E-state index in [1.165, 1.54) is 12.8 Å². The second-order valence-electron chi connectivity index (χ2n) is 4.62. The molecule has 0 aliphatic heterocycles. The monoisotopic (exact) mass is 247 g/mol. The van der Waals surface area contributed by atoms with E-state index < -0.39 is 5.97 Å². The Balaban J connectivity index is 2.07. The highest BCUT2D eigenvalue weighted by Gasteiger charge is 2.27. The summed E-state index contributed by atoms with van der Waals surface area (Å²) in [7, 11) is 1.79. The molecule has 0 radical (unpaired) electrons. The molecule has 0 amide bonds. The third-order valence-electron chi connectivity index (χ3n) is 3.04. The van der Waals surface area contributed by atoms with Crippen LogP contribution in [-0.2, 0) is 13.6 Å². The summed E-state index contributed by atoms with van der Waals surface area (Å²) in [4.78, 5) is 11.2. The van der Waals surface area contributed by atoms with Crippen molar-refractivity contribution in [2.45, 2.75) is 19.4 Å². The number of carboxylic acid groups (broad SMARTS) is 1. The number of carbonyl (C=O) groups is 1. The van der Waals surface area contributed by atoms with Crippen LogP contribution in [0.2, 0.25) is 0 Å². The smallest absolute Gasteiger partial charge is 0.358 e. The second kappa shape index (κ2) is 3.94. The average molecular weight is 247 g/mol. The fourth-order valence-electron chi connectivity index (χ4n) is 1.96. The summed E-state index contributed by atoms with van der Waals surface area (Å²) in [6, 6.07) is 0. The minimum absolute atomic E-state index is 0.0105. The summed E-state index contributed by atoms with van der Waals surface area (Å²) < 4.78 is 3.31. The second-order valence-corrected chi connectivity index (χ2v) is 4.62. The molecule has 94 valence electrons. The van der Waals surface area contributed by atoms with Crippen molar-refractivity contribution in [3.63, 3.8) is 0 Å². The normalized spacial score (nSPS) is 14.9. The Morgan fingerprint density at radius 3 is 2.89 bits per heavy atom. The number of rotatable bonds is 4. The summed E-state index contributed by atoms with van der Waals surface area (Å²) >= 11 is 0. The molecule has 0 saturated heterocycles. The van der Waals surface area contributed by atoms with Crippen molar-refractivity contribution in [3.05, 3.63) is 18.1 Å². The van der Waals surface area contributed by atoms with Crippen LogP contribution in [0.15, 0.2) is 12.4 Å². The molecular formula is C11H13N5O2. The highest BCUT2D eigenvalue weighted by atomic mass is 16.4. The van der Waals surface area contributed by atoms with E-state index in [2.05, 4.69) is 15.4 Å². The highest BCUT2D eigenvalue weighted by Crippen LogP contribution is 2.32. The van der Waals surface area contributed by atoms with Crippen molar-refractivity contribution in [3.8, 4) is 11.3 Å². The number of aromatic carboxylic acids is 1. The molecule has 2 heterocycles. The molecule has 1 aliphatic rings. The molecule has 1 aliphatic carbocycles. The van der Waals surface area contributed by atoms with E-state index >= 15 is 0 Å². The number of nitrogens with zero attached hydrogens (tertiary/aromatic N) is 5. The molecule has 1 saturated carbocycles. The lowest BCUT2D eigenvalue weighted by atomic mass is 10.2. The van der Waals surface area contributed by atoms with Crippen LogP contribution in [0.25, 0.3) is 11.3 Å². The Kier molecular flexibility index (Phi) is 2.39. The zero-order valence-corrected chi connectivity index (χ0v) is 9.94. The van der Waals surface area contributed by atoms with Crippen LogP contribution in [0.4, 0.5) is 0 Å². The van der Waals surface area contributed by atoms with Crippen molar-refractivity contribution in [1.29, 1.82) is 0 Å². The summed E-state index contributed by atoms with van der Waals surface area (Å²) in [5.74, 6) is -0.459. The zero-order chi connectivity index (χ0) is 12.7. The third kappa shape index (κ3) is 1.87. The van der Waals surface area contributed by atoms with Gasteiger partial charge in [0, 0.05) is 25.4 Å². The van der Waals surface area contributed by atoms with Gasteiger partial charge in [-0.1, -0.05) is 5.21 Å². The Bertz CT molecular complexity index is 596. The molecule has 18 heavy (non-hydrogen) atoms. The zero-order valence-electron chi connectivity index (χ0n) is 9.94. The highest BCUT2D eigenvalue weighted by molar-refractivity contribution is 5.92. The molecule has 0 spiro atoms. The lowest BCUT2D eigenvalue weighted by Crippen LogP contribution is -2.06. The summed E-state index contributed by atoms with van der Waals surface area (Å²) in [6.45, 7) is 0.727. The van der Waals surface area contributed by atoms with Crippen LogP contribution in [0.5, 0.6) is 0 Å². The molecule has 1 fully saturated rings. The van der Waals surface area contributed by atoms with Crippen LogP contribution in [0, 0.1) is 5.92 Å². The van der Waals surface area contributed by atoms with Gasteiger partial charge in [-0.3, -0.25) is 4.68 Å². The van der Waals surface area contributed by atoms with Crippen molar-refractivity contribution in [2.75, 3.05) is 0 Å². The Hall–Kier alpha value is -2.18. The quantitative estimate of drug-likeness (QED) is 0.863. The van der Waals surface area contributed by atoms with Crippen molar-refractivity contribution in [2.24, 2.45) is 13.0 Å². The lowest BCUT2D eigenvalue weighted by Gasteiger charge is -2.03. The van der Waals surface area contributed by atoms with Gasteiger partial charge in [0.2, 0.25) is 0 Å². The maximum Gasteiger partial charge on any atom is 0.358 e. The Morgan fingerprint density at radius 2 is 2.33 bits per heavy atom. The first-order valence-electron chi connectivity index (χ1n) is 5.81. The van der Waals surface area contributed by atoms with Gasteiger partial charge in [0.15, 0.2) is 5.69 Å². The number of carboxylic acids is 1. The number of aryl methyl sites for hydroxylation is 1. The van der Waals surface area contributed by atoms with Gasteiger partial charge in [0.1, 0.15) is 5.69 Å². The lowest BCUT2D eigenvalue weighted by molar-refractivity contribution is 0.0691. The summed E-state index contributed by atoms with van der Waals surface area (Å²) in [6.07, 6.45) is 5.76. The van der Waals surface area contributed by atoms with E-state index in [0.717, 1.165) is 12.1 Å². The van der Waals surface area contributed by atoms with Gasteiger partial charge in [0.25, 0.3) is 0 Å². The van der Waals surface area contributed by atoms with Crippen LogP contribution >= 0.6 is 0 Å². The van der Waals surface area contributed by atoms with Gasteiger partial charge >= 0.3 is 5.97 Å². The van der Waals surface area contributed by atoms with Crippen molar-refractivity contribution in [1.82, 2.24) is 24.8 Å². The minimum atomic E-state index is -1.06. The summed E-state index contributed by atoms with van der Waals surface area (Å²) in [5.41, 5.74) is 1.27. The van der Waals surface area contributed by atoms with Crippen molar-refractivity contribution < 1.29 is 9.90 Å². The van der Waals surface area contributed by atoms with Crippen LogP contribution in [0.1, 0.15) is 23.3 Å². The molecule has 0 atom stereocenters. The average Bonchev–Trinajstić information content (AvgIpc) is 2.85. The van der Waals surface area contributed by atoms with E-state index in [9.17, 15) is 4.79 Å². The van der Waals surface area contributed by atoms with E-state index in [1.54, 1.807) is 28.8 Å². The van der Waals surface area contributed by atoms with Gasteiger partial charge in [-0.2, -0.15) is 5.10 Å². The number of aromatic nitrogens is 5. The van der Waals surface area contributed by atoms with E-state index in [1.807, 2.05) is 0 Å². The third-order valence-corrected chi connectivity index (χ3v) is 3.04. The number of hydrogen-bond donors (Lipinski definition) is 1. The topological polar surface area (TPSA) is 85.8 Å². The summed E-state index contributed by atoms with van der Waals surface area (Å²) in [5, 5.41) is 20.9. The molecule has 7 nitrogen and oxygen atoms in total. The fraction of sp³-hybridized carbons (Fsp3) is 0.455. The van der Waals surface area contributed by atoms with Crippen LogP contribution in [0.3, 0.4) is 0 Å². The molecule has 0 bridgehead atoms. The Labute approximate surface area is 103 Å². The molecule has 3 rings (SSSR count). The van der Waals surface area contributed by atoms with Crippen molar-refractivity contribution >= 4 is 5.97 Å². The van der Waals surface area contributed by atoms with Crippen LogP contribution < -0.4 is 0 Å². The predicted octanol–water partition coefficient (Wildman–Crippen LogP) is 0.787. The van der Waals surface area contributed by atoms with Gasteiger partial charge in [-0.05, 0) is 18.8 Å². The Morgan fingerprint density at radius 1 is 1.56 bits per heavy atom. The maximum atomic E-state index is 11.2. The van der Waals surface area contributed by atoms with E-state index in [-0.39, 0.29) is 5.69 Å². The first kappa shape index (κ1) is 10.9. The predicted molar refractivity (Wildman–Crippen MR) is 61.9 cm³/mol. The molecule has 1 N–H and O–H groups in total. The maximum absolute atomic E-state index is 11.2. The molecule has 2 aromatic heterocycles. The van der Waals surface area contributed by atoms with Gasteiger partial charge in [0.05, 0.1) is 6.20 Å². The van der Waals surface area contributed by atoms with E-state index in [0.29, 0.717) is 11.6 Å². The standard InChI is InChI=1S/C11H13N5O2/c1-15-6-8(4-12-15)10-9(11(17)18)13-14-16(10)5-7-2-3-7/h4,6-7H,2-3,5H2,1H3,(H,17,18). The fourth-order valence-corrected chi connectivity index (χ4v) is 1.96. The molecule has 2 aromatic rings. The van der Waals surface area contributed by atoms with Crippen LogP contribution in [-0.4, -0.2) is 35.9 Å². The molecule has 0 unspecified atom stereocenters. The minimum Gasteiger partial charge on any atom is -0.476 e. The largest absolute Gasteiger partial charge is 0.476 e. The van der Waals surface area contributed by atoms with Gasteiger partial charge in [-0.25, -0.2) is 9.48 Å². The van der Waals surface area contributed by atoms with Gasteiger partial charge in [-0.15, -0.1) is 5.10 Å². The van der Waals surface area contributed by atoms with E-state index in [4.69, 9.17) is 5.11 Å². The molecular weight excluding hydrogens is 234 g/mol. The first-order chi connectivity index (χ1) is 8.65. The molecule has 7 heteroatoms. The number of hydrogen-bond acceptors (Lipinski definition) is 4.